The Morgan fingerprint density at radius 3 is 2.83 bits per heavy atom. The van der Waals surface area contributed by atoms with Crippen molar-refractivity contribution in [3.05, 3.63) is 60.9 Å². The molecule has 3 heterocycles. The van der Waals surface area contributed by atoms with Crippen LogP contribution >= 0.6 is 11.8 Å². The Morgan fingerprint density at radius 1 is 1.20 bits per heavy atom. The third kappa shape index (κ3) is 4.02. The minimum atomic E-state index is 0.462. The van der Waals surface area contributed by atoms with E-state index in [1.54, 1.807) is 6.26 Å². The van der Waals surface area contributed by atoms with E-state index in [1.807, 2.05) is 54.8 Å². The molecule has 0 spiro atoms. The van der Waals surface area contributed by atoms with Gasteiger partial charge in [-0.3, -0.25) is 4.57 Å². The molecule has 8 nitrogen and oxygen atoms in total. The maximum Gasteiger partial charge on any atom is 0.237 e. The van der Waals surface area contributed by atoms with Crippen molar-refractivity contribution in [2.24, 2.45) is 0 Å². The van der Waals surface area contributed by atoms with Gasteiger partial charge in [0.25, 0.3) is 0 Å². The van der Waals surface area contributed by atoms with Crippen LogP contribution in [0, 0.1) is 6.92 Å². The number of para-hydroxylation sites is 1. The lowest BCUT2D eigenvalue weighted by atomic mass is 10.2. The zero-order valence-electron chi connectivity index (χ0n) is 16.7. The predicted molar refractivity (Wildman–Crippen MR) is 113 cm³/mol. The second-order valence-corrected chi connectivity index (χ2v) is 7.27. The predicted octanol–water partition coefficient (Wildman–Crippen LogP) is 4.77. The molecule has 9 heteroatoms. The fourth-order valence-corrected chi connectivity index (χ4v) is 3.77. The molecule has 0 amide bonds. The Labute approximate surface area is 178 Å². The molecule has 0 unspecified atom stereocenters. The summed E-state index contributed by atoms with van der Waals surface area (Å²) in [6.45, 7) is 8.81. The van der Waals surface area contributed by atoms with Crippen molar-refractivity contribution in [1.29, 1.82) is 0 Å². The van der Waals surface area contributed by atoms with Gasteiger partial charge in [0.1, 0.15) is 11.5 Å². The fraction of sp³-hybridized carbons (Fsp3) is 0.238. The van der Waals surface area contributed by atoms with Crippen LogP contribution in [0.3, 0.4) is 0 Å². The zero-order valence-corrected chi connectivity index (χ0v) is 17.6. The van der Waals surface area contributed by atoms with E-state index in [1.165, 1.54) is 11.8 Å². The Balaban J connectivity index is 1.53. The fourth-order valence-electron chi connectivity index (χ4n) is 2.99. The molecule has 0 N–H and O–H groups in total. The SMILES string of the molecule is C=CCn1c(SCc2nc(-c3ccccc3OCC)no2)nnc1-c1ccoc1C. The molecule has 0 saturated heterocycles. The maximum atomic E-state index is 5.65. The van der Waals surface area contributed by atoms with Crippen LogP contribution in [0.1, 0.15) is 18.6 Å². The standard InChI is InChI=1S/C21H21N5O3S/c1-4-11-26-20(15-10-12-28-14(15)3)23-24-21(26)30-13-18-22-19(25-29-18)16-8-6-7-9-17(16)27-5-2/h4,6-10,12H,1,5,11,13H2,2-3H3. The number of ether oxygens (including phenoxy) is 1. The quantitative estimate of drug-likeness (QED) is 0.281. The van der Waals surface area contributed by atoms with Gasteiger partial charge in [-0.25, -0.2) is 0 Å². The first kappa shape index (κ1) is 20.0. The van der Waals surface area contributed by atoms with Crippen molar-refractivity contribution in [2.45, 2.75) is 31.3 Å². The maximum absolute atomic E-state index is 5.65. The van der Waals surface area contributed by atoms with Crippen LogP contribution in [0.4, 0.5) is 0 Å². The summed E-state index contributed by atoms with van der Waals surface area (Å²) in [5.41, 5.74) is 1.70. The van der Waals surface area contributed by atoms with Crippen LogP contribution in [0.25, 0.3) is 22.8 Å². The zero-order chi connectivity index (χ0) is 20.9. The smallest absolute Gasteiger partial charge is 0.237 e. The number of nitrogens with zero attached hydrogens (tertiary/aromatic N) is 5. The van der Waals surface area contributed by atoms with Crippen LogP contribution in [-0.2, 0) is 12.3 Å². The van der Waals surface area contributed by atoms with E-state index >= 15 is 0 Å². The van der Waals surface area contributed by atoms with Gasteiger partial charge < -0.3 is 13.7 Å². The number of benzene rings is 1. The Kier molecular flexibility index (Phi) is 5.99. The summed E-state index contributed by atoms with van der Waals surface area (Å²) in [6, 6.07) is 9.51. The van der Waals surface area contributed by atoms with Gasteiger partial charge in [-0.1, -0.05) is 35.1 Å². The summed E-state index contributed by atoms with van der Waals surface area (Å²) in [5, 5.41) is 13.5. The van der Waals surface area contributed by atoms with E-state index in [2.05, 4.69) is 26.9 Å². The highest BCUT2D eigenvalue weighted by molar-refractivity contribution is 7.98. The van der Waals surface area contributed by atoms with Gasteiger partial charge in [0.15, 0.2) is 11.0 Å². The normalized spacial score (nSPS) is 11.0. The molecular weight excluding hydrogens is 402 g/mol. The number of aromatic nitrogens is 5. The number of hydrogen-bond acceptors (Lipinski definition) is 8. The molecule has 30 heavy (non-hydrogen) atoms. The first-order valence-corrected chi connectivity index (χ1v) is 10.5. The average Bonchev–Trinajstić information content (AvgIpc) is 3.48. The second-order valence-electron chi connectivity index (χ2n) is 6.33. The minimum Gasteiger partial charge on any atom is -0.493 e. The molecule has 0 saturated carbocycles. The molecule has 4 aromatic rings. The Bertz CT molecular complexity index is 1150. The van der Waals surface area contributed by atoms with Crippen molar-refractivity contribution >= 4 is 11.8 Å². The number of hydrogen-bond donors (Lipinski definition) is 0. The number of rotatable bonds is 9. The van der Waals surface area contributed by atoms with Crippen molar-refractivity contribution < 1.29 is 13.7 Å². The molecule has 0 aliphatic rings. The first-order valence-electron chi connectivity index (χ1n) is 9.47. The molecule has 0 atom stereocenters. The lowest BCUT2D eigenvalue weighted by Gasteiger charge is -2.06. The molecular formula is C21H21N5O3S. The van der Waals surface area contributed by atoms with Gasteiger partial charge in [-0.15, -0.1) is 16.8 Å². The molecule has 0 radical (unpaired) electrons. The van der Waals surface area contributed by atoms with Gasteiger partial charge in [-0.2, -0.15) is 4.98 Å². The lowest BCUT2D eigenvalue weighted by molar-refractivity contribution is 0.341. The van der Waals surface area contributed by atoms with Gasteiger partial charge in [-0.05, 0) is 32.0 Å². The van der Waals surface area contributed by atoms with Gasteiger partial charge in [0.05, 0.1) is 29.7 Å². The number of aryl methyl sites for hydroxylation is 1. The molecule has 0 fully saturated rings. The van der Waals surface area contributed by atoms with E-state index in [0.29, 0.717) is 30.6 Å². The number of furan rings is 1. The topological polar surface area (TPSA) is 92.0 Å². The second kappa shape index (κ2) is 9.00. The number of thioether (sulfide) groups is 1. The van der Waals surface area contributed by atoms with Crippen LogP contribution < -0.4 is 4.74 Å². The van der Waals surface area contributed by atoms with Crippen LogP contribution in [-0.4, -0.2) is 31.5 Å². The third-order valence-electron chi connectivity index (χ3n) is 4.35. The van der Waals surface area contributed by atoms with Crippen molar-refractivity contribution in [3.63, 3.8) is 0 Å². The first-order chi connectivity index (χ1) is 14.7. The highest BCUT2D eigenvalue weighted by Crippen LogP contribution is 2.30. The summed E-state index contributed by atoms with van der Waals surface area (Å²) in [4.78, 5) is 4.51. The van der Waals surface area contributed by atoms with Crippen LogP contribution in [0.15, 0.2) is 63.3 Å². The van der Waals surface area contributed by atoms with E-state index in [-0.39, 0.29) is 0 Å². The molecule has 0 aliphatic carbocycles. The Morgan fingerprint density at radius 2 is 2.07 bits per heavy atom. The summed E-state index contributed by atoms with van der Waals surface area (Å²) >= 11 is 1.47. The summed E-state index contributed by atoms with van der Waals surface area (Å²) in [5.74, 6) is 3.71. The van der Waals surface area contributed by atoms with E-state index in [9.17, 15) is 0 Å². The third-order valence-corrected chi connectivity index (χ3v) is 5.30. The van der Waals surface area contributed by atoms with E-state index in [0.717, 1.165) is 33.6 Å². The highest BCUT2D eigenvalue weighted by Gasteiger charge is 2.18. The van der Waals surface area contributed by atoms with E-state index < -0.39 is 0 Å². The summed E-state index contributed by atoms with van der Waals surface area (Å²) in [6.07, 6.45) is 3.45. The minimum absolute atomic E-state index is 0.462. The largest absolute Gasteiger partial charge is 0.493 e. The van der Waals surface area contributed by atoms with Crippen molar-refractivity contribution in [1.82, 2.24) is 24.9 Å². The highest BCUT2D eigenvalue weighted by atomic mass is 32.2. The summed E-state index contributed by atoms with van der Waals surface area (Å²) in [7, 11) is 0. The average molecular weight is 423 g/mol. The van der Waals surface area contributed by atoms with Crippen molar-refractivity contribution in [3.8, 4) is 28.5 Å². The summed E-state index contributed by atoms with van der Waals surface area (Å²) < 4.78 is 18.5. The molecule has 1 aromatic carbocycles. The number of allylic oxidation sites excluding steroid dienone is 1. The molecule has 0 aliphatic heterocycles. The molecule has 0 bridgehead atoms. The van der Waals surface area contributed by atoms with Crippen LogP contribution in [0.2, 0.25) is 0 Å². The van der Waals surface area contributed by atoms with Gasteiger partial charge >= 0.3 is 0 Å². The van der Waals surface area contributed by atoms with Gasteiger partial charge in [0, 0.05) is 6.54 Å². The lowest BCUT2D eigenvalue weighted by Crippen LogP contribution is -2.01. The molecule has 3 aromatic heterocycles. The Hall–Kier alpha value is -3.33. The van der Waals surface area contributed by atoms with E-state index in [4.69, 9.17) is 13.7 Å². The van der Waals surface area contributed by atoms with Crippen molar-refractivity contribution in [2.75, 3.05) is 6.61 Å². The monoisotopic (exact) mass is 423 g/mol. The molecule has 154 valence electrons. The van der Waals surface area contributed by atoms with Gasteiger partial charge in [0.2, 0.25) is 11.7 Å². The van der Waals surface area contributed by atoms with Crippen LogP contribution in [0.5, 0.6) is 5.75 Å². The molecule has 4 rings (SSSR count).